The van der Waals surface area contributed by atoms with E-state index in [1.807, 2.05) is 31.2 Å². The fourth-order valence-electron chi connectivity index (χ4n) is 4.20. The van der Waals surface area contributed by atoms with Gasteiger partial charge in [-0.05, 0) is 38.2 Å². The van der Waals surface area contributed by atoms with Gasteiger partial charge in [0, 0.05) is 39.4 Å². The number of amides is 1. The Bertz CT molecular complexity index is 1300. The lowest BCUT2D eigenvalue weighted by molar-refractivity contribution is 0.0715. The average Bonchev–Trinajstić information content (AvgIpc) is 3.59. The lowest BCUT2D eigenvalue weighted by Crippen LogP contribution is -2.40. The summed E-state index contributed by atoms with van der Waals surface area (Å²) in [7, 11) is 1.53. The molecule has 0 unspecified atom stereocenters. The quantitative estimate of drug-likeness (QED) is 0.449. The summed E-state index contributed by atoms with van der Waals surface area (Å²) in [4.78, 5) is 46.2. The van der Waals surface area contributed by atoms with E-state index >= 15 is 0 Å². The molecular formula is C24H31N5O5. The molecule has 0 atom stereocenters. The van der Waals surface area contributed by atoms with Gasteiger partial charge in [0.1, 0.15) is 0 Å². The van der Waals surface area contributed by atoms with Crippen LogP contribution in [0.25, 0.3) is 11.2 Å². The topological polar surface area (TPSA) is 123 Å². The van der Waals surface area contributed by atoms with Crippen LogP contribution in [0.2, 0.25) is 0 Å². The summed E-state index contributed by atoms with van der Waals surface area (Å²) >= 11 is 0. The van der Waals surface area contributed by atoms with Gasteiger partial charge in [-0.2, -0.15) is 0 Å². The molecule has 34 heavy (non-hydrogen) atoms. The number of aromatic nitrogens is 4. The van der Waals surface area contributed by atoms with E-state index in [9.17, 15) is 24.6 Å². The highest BCUT2D eigenvalue weighted by Crippen LogP contribution is 2.29. The molecule has 1 aliphatic carbocycles. The third kappa shape index (κ3) is 4.55. The Labute approximate surface area is 196 Å². The van der Waals surface area contributed by atoms with Gasteiger partial charge in [0.05, 0.1) is 6.54 Å². The van der Waals surface area contributed by atoms with Crippen molar-refractivity contribution in [3.63, 3.8) is 0 Å². The Balaban J connectivity index is 1.91. The van der Waals surface area contributed by atoms with Crippen molar-refractivity contribution >= 4 is 17.1 Å². The Morgan fingerprint density at radius 2 is 1.76 bits per heavy atom. The van der Waals surface area contributed by atoms with Crippen LogP contribution in [0.4, 0.5) is 0 Å². The van der Waals surface area contributed by atoms with Gasteiger partial charge < -0.3 is 19.7 Å². The molecule has 1 aliphatic rings. The first-order chi connectivity index (χ1) is 16.4. The van der Waals surface area contributed by atoms with E-state index in [4.69, 9.17) is 0 Å². The van der Waals surface area contributed by atoms with Crippen molar-refractivity contribution in [2.75, 3.05) is 19.8 Å². The number of aliphatic hydroxyl groups excluding tert-OH is 2. The molecule has 1 amide bonds. The van der Waals surface area contributed by atoms with Gasteiger partial charge >= 0.3 is 5.69 Å². The van der Waals surface area contributed by atoms with Gasteiger partial charge in [-0.15, -0.1) is 0 Å². The monoisotopic (exact) mass is 469 g/mol. The molecule has 10 heteroatoms. The first kappa shape index (κ1) is 23.9. The predicted octanol–water partition coefficient (Wildman–Crippen LogP) is 0.623. The maximum Gasteiger partial charge on any atom is 0.332 e. The number of carbonyl (C=O) groups excluding carboxylic acids is 1. The fraction of sp³-hybridized carbons (Fsp3) is 0.500. The van der Waals surface area contributed by atoms with Crippen LogP contribution in [0.5, 0.6) is 0 Å². The molecule has 0 bridgehead atoms. The first-order valence-corrected chi connectivity index (χ1v) is 11.7. The Morgan fingerprint density at radius 1 is 1.09 bits per heavy atom. The van der Waals surface area contributed by atoms with Crippen LogP contribution in [0, 0.1) is 6.92 Å². The zero-order valence-corrected chi connectivity index (χ0v) is 19.6. The van der Waals surface area contributed by atoms with E-state index < -0.39 is 11.2 Å². The summed E-state index contributed by atoms with van der Waals surface area (Å²) < 4.78 is 3.98. The lowest BCUT2D eigenvalue weighted by Gasteiger charge is -2.22. The molecule has 3 aromatic rings. The number of aryl methyl sites for hydroxylation is 2. The van der Waals surface area contributed by atoms with Crippen molar-refractivity contribution in [1.29, 1.82) is 0 Å². The van der Waals surface area contributed by atoms with Gasteiger partial charge in [0.15, 0.2) is 11.2 Å². The highest BCUT2D eigenvalue weighted by Gasteiger charge is 2.35. The number of hydrogen-bond acceptors (Lipinski definition) is 6. The highest BCUT2D eigenvalue weighted by molar-refractivity contribution is 5.94. The fourth-order valence-corrected chi connectivity index (χ4v) is 4.20. The van der Waals surface area contributed by atoms with Crippen molar-refractivity contribution in [3.05, 3.63) is 62.1 Å². The molecule has 1 fully saturated rings. The number of benzene rings is 1. The largest absolute Gasteiger partial charge is 0.396 e. The molecule has 0 radical (unpaired) electrons. The number of aliphatic hydroxyl groups is 2. The van der Waals surface area contributed by atoms with E-state index in [1.54, 1.807) is 9.47 Å². The molecule has 2 N–H and O–H groups in total. The van der Waals surface area contributed by atoms with E-state index in [-0.39, 0.29) is 61.7 Å². The summed E-state index contributed by atoms with van der Waals surface area (Å²) in [6.45, 7) is 2.51. The Morgan fingerprint density at radius 3 is 2.38 bits per heavy atom. The van der Waals surface area contributed by atoms with Crippen LogP contribution in [0.15, 0.2) is 33.9 Å². The number of imidazole rings is 1. The van der Waals surface area contributed by atoms with Crippen LogP contribution in [-0.4, -0.2) is 65.5 Å². The third-order valence-corrected chi connectivity index (χ3v) is 6.23. The summed E-state index contributed by atoms with van der Waals surface area (Å²) in [6.07, 6.45) is 2.49. The van der Waals surface area contributed by atoms with Crippen LogP contribution < -0.4 is 11.2 Å². The zero-order valence-electron chi connectivity index (χ0n) is 19.6. The standard InChI is InChI=1S/C24H31N5O5/c1-16-5-7-17(8-6-16)15-29-19-20(26(2)24(34)28(22(19)32)12-4-14-31)25-21(29)23(33)27(11-3-13-30)18-9-10-18/h5-8,18,30-31H,3-4,9-15H2,1-2H3. The number of hydrogen-bond donors (Lipinski definition) is 2. The summed E-state index contributed by atoms with van der Waals surface area (Å²) in [5.74, 6) is -0.208. The molecule has 4 rings (SSSR count). The second-order valence-electron chi connectivity index (χ2n) is 8.86. The minimum absolute atomic E-state index is 0.0274. The maximum atomic E-state index is 13.7. The second-order valence-corrected chi connectivity index (χ2v) is 8.86. The van der Waals surface area contributed by atoms with Crippen LogP contribution in [0.3, 0.4) is 0 Å². The molecule has 0 saturated heterocycles. The molecule has 1 aromatic carbocycles. The zero-order chi connectivity index (χ0) is 24.4. The molecule has 0 aliphatic heterocycles. The maximum absolute atomic E-state index is 13.7. The van der Waals surface area contributed by atoms with E-state index in [0.717, 1.165) is 28.5 Å². The van der Waals surface area contributed by atoms with E-state index in [0.29, 0.717) is 13.0 Å². The van der Waals surface area contributed by atoms with Crippen LogP contribution in [-0.2, 0) is 20.1 Å². The van der Waals surface area contributed by atoms with Crippen molar-refractivity contribution in [3.8, 4) is 0 Å². The lowest BCUT2D eigenvalue weighted by atomic mass is 10.1. The average molecular weight is 470 g/mol. The van der Waals surface area contributed by atoms with Crippen LogP contribution in [0.1, 0.15) is 47.4 Å². The van der Waals surface area contributed by atoms with Crippen molar-refractivity contribution < 1.29 is 15.0 Å². The molecule has 2 aromatic heterocycles. The van der Waals surface area contributed by atoms with E-state index in [2.05, 4.69) is 4.98 Å². The highest BCUT2D eigenvalue weighted by atomic mass is 16.3. The Hall–Kier alpha value is -3.24. The molecule has 1 saturated carbocycles. The normalized spacial score (nSPS) is 13.5. The minimum Gasteiger partial charge on any atom is -0.396 e. The number of carbonyl (C=O) groups is 1. The van der Waals surface area contributed by atoms with Gasteiger partial charge in [-0.1, -0.05) is 29.8 Å². The number of nitrogens with zero attached hydrogens (tertiary/aromatic N) is 5. The molecule has 10 nitrogen and oxygen atoms in total. The molecular weight excluding hydrogens is 438 g/mol. The van der Waals surface area contributed by atoms with E-state index in [1.165, 1.54) is 11.6 Å². The predicted molar refractivity (Wildman–Crippen MR) is 127 cm³/mol. The number of rotatable bonds is 10. The second kappa shape index (κ2) is 9.94. The summed E-state index contributed by atoms with van der Waals surface area (Å²) in [6, 6.07) is 7.89. The van der Waals surface area contributed by atoms with Crippen LogP contribution >= 0.6 is 0 Å². The summed E-state index contributed by atoms with van der Waals surface area (Å²) in [5, 5.41) is 18.5. The van der Waals surface area contributed by atoms with Gasteiger partial charge in [0.2, 0.25) is 5.82 Å². The van der Waals surface area contributed by atoms with Crippen molar-refractivity contribution in [1.82, 2.24) is 23.6 Å². The first-order valence-electron chi connectivity index (χ1n) is 11.7. The molecule has 182 valence electrons. The van der Waals surface area contributed by atoms with Gasteiger partial charge in [-0.25, -0.2) is 9.78 Å². The third-order valence-electron chi connectivity index (χ3n) is 6.23. The number of fused-ring (bicyclic) bond motifs is 1. The Kier molecular flexibility index (Phi) is 6.99. The van der Waals surface area contributed by atoms with Gasteiger partial charge in [-0.3, -0.25) is 18.7 Å². The van der Waals surface area contributed by atoms with Crippen molar-refractivity contribution in [2.24, 2.45) is 7.05 Å². The molecule has 2 heterocycles. The smallest absolute Gasteiger partial charge is 0.332 e. The summed E-state index contributed by atoms with van der Waals surface area (Å²) in [5.41, 5.74) is 1.25. The van der Waals surface area contributed by atoms with Gasteiger partial charge in [0.25, 0.3) is 11.5 Å². The molecule has 0 spiro atoms. The SMILES string of the molecule is Cc1ccc(Cn2c(C(=O)N(CCCO)C3CC3)nc3c2c(=O)n(CCCO)c(=O)n3C)cc1. The minimum atomic E-state index is -0.538. The van der Waals surface area contributed by atoms with Crippen molar-refractivity contribution in [2.45, 2.75) is 51.7 Å².